The van der Waals surface area contributed by atoms with Crippen molar-refractivity contribution in [3.05, 3.63) is 0 Å². The lowest BCUT2D eigenvalue weighted by atomic mass is 9.70. The van der Waals surface area contributed by atoms with Crippen LogP contribution in [-0.2, 0) is 9.53 Å². The molecule has 1 saturated carbocycles. The average Bonchev–Trinajstić information content (AvgIpc) is 2.58. The van der Waals surface area contributed by atoms with E-state index in [9.17, 15) is 9.90 Å². The van der Waals surface area contributed by atoms with Crippen molar-refractivity contribution in [3.63, 3.8) is 0 Å². The van der Waals surface area contributed by atoms with E-state index in [2.05, 4.69) is 13.8 Å². The van der Waals surface area contributed by atoms with Gasteiger partial charge in [-0.2, -0.15) is 0 Å². The SMILES string of the molecule is CCCC1(CCC)CC2(CCC(O)CC2)OC1=O. The van der Waals surface area contributed by atoms with Gasteiger partial charge < -0.3 is 9.84 Å². The summed E-state index contributed by atoms with van der Waals surface area (Å²) >= 11 is 0. The van der Waals surface area contributed by atoms with E-state index in [0.29, 0.717) is 0 Å². The van der Waals surface area contributed by atoms with E-state index in [1.54, 1.807) is 0 Å². The first-order valence-electron chi connectivity index (χ1n) is 7.47. The summed E-state index contributed by atoms with van der Waals surface area (Å²) < 4.78 is 5.81. The van der Waals surface area contributed by atoms with Gasteiger partial charge in [-0.25, -0.2) is 0 Å². The Kier molecular flexibility index (Phi) is 4.00. The number of aliphatic hydroxyl groups is 1. The molecule has 1 N–H and O–H groups in total. The number of hydrogen-bond acceptors (Lipinski definition) is 3. The molecule has 2 fully saturated rings. The lowest BCUT2D eigenvalue weighted by Gasteiger charge is -2.35. The lowest BCUT2D eigenvalue weighted by molar-refractivity contribution is -0.157. The Bertz CT molecular complexity index is 297. The molecule has 1 saturated heterocycles. The van der Waals surface area contributed by atoms with Crippen molar-refractivity contribution in [3.8, 4) is 0 Å². The Morgan fingerprint density at radius 2 is 1.78 bits per heavy atom. The van der Waals surface area contributed by atoms with Gasteiger partial charge >= 0.3 is 5.97 Å². The topological polar surface area (TPSA) is 46.5 Å². The van der Waals surface area contributed by atoms with Gasteiger partial charge in [0.2, 0.25) is 0 Å². The van der Waals surface area contributed by atoms with Crippen molar-refractivity contribution >= 4 is 5.97 Å². The summed E-state index contributed by atoms with van der Waals surface area (Å²) in [7, 11) is 0. The maximum absolute atomic E-state index is 12.3. The third-order valence-electron chi connectivity index (χ3n) is 4.73. The van der Waals surface area contributed by atoms with Crippen LogP contribution in [0.3, 0.4) is 0 Å². The summed E-state index contributed by atoms with van der Waals surface area (Å²) in [5.41, 5.74) is -0.480. The molecule has 2 aliphatic rings. The highest BCUT2D eigenvalue weighted by Gasteiger charge is 2.55. The van der Waals surface area contributed by atoms with Gasteiger partial charge in [-0.3, -0.25) is 4.79 Å². The molecule has 3 heteroatoms. The van der Waals surface area contributed by atoms with Crippen molar-refractivity contribution in [2.24, 2.45) is 5.41 Å². The Hall–Kier alpha value is -0.570. The molecule has 104 valence electrons. The number of carbonyl (C=O) groups is 1. The van der Waals surface area contributed by atoms with E-state index >= 15 is 0 Å². The number of esters is 1. The van der Waals surface area contributed by atoms with Crippen LogP contribution in [0.2, 0.25) is 0 Å². The molecular weight excluding hydrogens is 228 g/mol. The van der Waals surface area contributed by atoms with E-state index in [4.69, 9.17) is 4.74 Å². The molecule has 1 heterocycles. The molecule has 0 amide bonds. The van der Waals surface area contributed by atoms with Crippen LogP contribution in [0, 0.1) is 5.41 Å². The second-order valence-electron chi connectivity index (χ2n) is 6.26. The van der Waals surface area contributed by atoms with Crippen LogP contribution in [0.4, 0.5) is 0 Å². The molecule has 1 aliphatic carbocycles. The summed E-state index contributed by atoms with van der Waals surface area (Å²) in [6, 6.07) is 0. The van der Waals surface area contributed by atoms with Gasteiger partial charge in [-0.15, -0.1) is 0 Å². The third-order valence-corrected chi connectivity index (χ3v) is 4.73. The van der Waals surface area contributed by atoms with Crippen molar-refractivity contribution in [2.45, 2.75) is 83.3 Å². The molecule has 0 aromatic carbocycles. The molecule has 0 atom stereocenters. The summed E-state index contributed by atoms with van der Waals surface area (Å²) in [6.07, 6.45) is 7.90. The van der Waals surface area contributed by atoms with Crippen LogP contribution in [0.25, 0.3) is 0 Å². The molecule has 1 aliphatic heterocycles. The summed E-state index contributed by atoms with van der Waals surface area (Å²) in [5, 5.41) is 9.62. The molecular formula is C15H26O3. The van der Waals surface area contributed by atoms with E-state index in [1.807, 2.05) is 0 Å². The minimum Gasteiger partial charge on any atom is -0.459 e. The van der Waals surface area contributed by atoms with E-state index in [0.717, 1.165) is 57.8 Å². The highest BCUT2D eigenvalue weighted by molar-refractivity contribution is 5.79. The predicted molar refractivity (Wildman–Crippen MR) is 70.2 cm³/mol. The Labute approximate surface area is 110 Å². The molecule has 0 radical (unpaired) electrons. The first kappa shape index (κ1) is 13.9. The molecule has 0 bridgehead atoms. The number of ether oxygens (including phenoxy) is 1. The first-order chi connectivity index (χ1) is 8.56. The van der Waals surface area contributed by atoms with Crippen molar-refractivity contribution in [1.29, 1.82) is 0 Å². The van der Waals surface area contributed by atoms with Crippen molar-refractivity contribution in [2.75, 3.05) is 0 Å². The van der Waals surface area contributed by atoms with Crippen LogP contribution in [0.1, 0.15) is 71.6 Å². The highest BCUT2D eigenvalue weighted by atomic mass is 16.6. The maximum atomic E-state index is 12.3. The third kappa shape index (κ3) is 2.42. The number of hydrogen-bond donors (Lipinski definition) is 1. The van der Waals surface area contributed by atoms with Gasteiger partial charge in [-0.05, 0) is 38.5 Å². The van der Waals surface area contributed by atoms with Crippen LogP contribution < -0.4 is 0 Å². The molecule has 0 aromatic heterocycles. The zero-order chi connectivity index (χ0) is 13.2. The van der Waals surface area contributed by atoms with Crippen LogP contribution in [0.15, 0.2) is 0 Å². The quantitative estimate of drug-likeness (QED) is 0.784. The maximum Gasteiger partial charge on any atom is 0.312 e. The van der Waals surface area contributed by atoms with Crippen molar-refractivity contribution < 1.29 is 14.6 Å². The van der Waals surface area contributed by atoms with Gasteiger partial charge in [0.1, 0.15) is 5.60 Å². The molecule has 3 nitrogen and oxygen atoms in total. The van der Waals surface area contributed by atoms with Gasteiger partial charge in [0.15, 0.2) is 0 Å². The Morgan fingerprint density at radius 1 is 1.22 bits per heavy atom. The number of carbonyl (C=O) groups excluding carboxylic acids is 1. The fourth-order valence-electron chi connectivity index (χ4n) is 3.90. The second-order valence-corrected chi connectivity index (χ2v) is 6.26. The fourth-order valence-corrected chi connectivity index (χ4v) is 3.90. The minimum absolute atomic E-state index is 0.0302. The number of rotatable bonds is 4. The largest absolute Gasteiger partial charge is 0.459 e. The normalized spacial score (nSPS) is 34.8. The van der Waals surface area contributed by atoms with Gasteiger partial charge in [0.05, 0.1) is 11.5 Å². The van der Waals surface area contributed by atoms with Crippen LogP contribution in [0.5, 0.6) is 0 Å². The predicted octanol–water partition coefficient (Wildman–Crippen LogP) is 3.19. The Balaban J connectivity index is 2.13. The number of aliphatic hydroxyl groups excluding tert-OH is 1. The fraction of sp³-hybridized carbons (Fsp3) is 0.933. The standard InChI is InChI=1S/C15H26O3/c1-3-7-14(8-4-2)11-15(18-13(14)17)9-5-12(16)6-10-15/h12,16H,3-11H2,1-2H3. The molecule has 2 rings (SSSR count). The first-order valence-corrected chi connectivity index (χ1v) is 7.47. The van der Waals surface area contributed by atoms with Crippen LogP contribution in [-0.4, -0.2) is 22.8 Å². The van der Waals surface area contributed by atoms with Crippen LogP contribution >= 0.6 is 0 Å². The zero-order valence-corrected chi connectivity index (χ0v) is 11.7. The summed E-state index contributed by atoms with van der Waals surface area (Å²) in [5.74, 6) is 0.0302. The summed E-state index contributed by atoms with van der Waals surface area (Å²) in [6.45, 7) is 4.28. The lowest BCUT2D eigenvalue weighted by Crippen LogP contribution is -2.36. The van der Waals surface area contributed by atoms with Gasteiger partial charge in [-0.1, -0.05) is 26.7 Å². The zero-order valence-electron chi connectivity index (χ0n) is 11.7. The minimum atomic E-state index is -0.249. The monoisotopic (exact) mass is 254 g/mol. The smallest absolute Gasteiger partial charge is 0.312 e. The van der Waals surface area contributed by atoms with E-state index in [1.165, 1.54) is 0 Å². The second kappa shape index (κ2) is 5.20. The van der Waals surface area contributed by atoms with Gasteiger partial charge in [0.25, 0.3) is 0 Å². The Morgan fingerprint density at radius 3 is 2.28 bits per heavy atom. The summed E-state index contributed by atoms with van der Waals surface area (Å²) in [4.78, 5) is 12.3. The van der Waals surface area contributed by atoms with E-state index in [-0.39, 0.29) is 23.1 Å². The molecule has 1 spiro atoms. The van der Waals surface area contributed by atoms with E-state index < -0.39 is 0 Å². The molecule has 0 unspecified atom stereocenters. The average molecular weight is 254 g/mol. The highest BCUT2D eigenvalue weighted by Crippen LogP contribution is 2.52. The molecule has 0 aromatic rings. The van der Waals surface area contributed by atoms with Crippen molar-refractivity contribution in [1.82, 2.24) is 0 Å². The molecule has 18 heavy (non-hydrogen) atoms. The van der Waals surface area contributed by atoms with Gasteiger partial charge in [0, 0.05) is 6.42 Å².